The van der Waals surface area contributed by atoms with Crippen molar-refractivity contribution in [2.75, 3.05) is 6.61 Å². The Labute approximate surface area is 168 Å². The largest absolute Gasteiger partial charge is 0.486 e. The molecule has 0 saturated heterocycles. The normalized spacial score (nSPS) is 18.7. The van der Waals surface area contributed by atoms with Crippen molar-refractivity contribution in [1.29, 1.82) is 0 Å². The Hall–Kier alpha value is -2.74. The van der Waals surface area contributed by atoms with E-state index in [0.717, 1.165) is 0 Å². The predicted octanol–water partition coefficient (Wildman–Crippen LogP) is 6.44. The summed E-state index contributed by atoms with van der Waals surface area (Å²) in [6.45, 7) is 5.08. The minimum atomic E-state index is -0.983. The van der Waals surface area contributed by atoms with E-state index in [-0.39, 0.29) is 35.3 Å². The molecule has 0 N–H and O–H groups in total. The van der Waals surface area contributed by atoms with Gasteiger partial charge in [0.1, 0.15) is 6.61 Å². The molecular formula is C24H22F4O. The molecule has 0 bridgehead atoms. The Balaban J connectivity index is 1.67. The number of halogens is 4. The minimum absolute atomic E-state index is 0.0121. The molecule has 3 rings (SSSR count). The van der Waals surface area contributed by atoms with E-state index in [4.69, 9.17) is 4.74 Å². The zero-order valence-corrected chi connectivity index (χ0v) is 16.2. The fraction of sp³-hybridized carbons (Fsp3) is 0.333. The lowest BCUT2D eigenvalue weighted by atomic mass is 9.78. The molecule has 29 heavy (non-hydrogen) atoms. The first-order valence-electron chi connectivity index (χ1n) is 9.60. The first kappa shape index (κ1) is 21.0. The monoisotopic (exact) mass is 402 g/mol. The van der Waals surface area contributed by atoms with Crippen molar-refractivity contribution in [2.45, 2.75) is 38.5 Å². The van der Waals surface area contributed by atoms with Crippen LogP contribution in [0.25, 0.3) is 0 Å². The van der Waals surface area contributed by atoms with Crippen LogP contribution in [0.15, 0.2) is 36.9 Å². The van der Waals surface area contributed by atoms with Gasteiger partial charge in [0.15, 0.2) is 23.2 Å². The van der Waals surface area contributed by atoms with Gasteiger partial charge in [-0.05, 0) is 61.8 Å². The molecule has 0 atom stereocenters. The SMILES string of the molecule is C=CCOc1ccc(C2CCC(C#Cc3ccc(C)c(F)c3F)CC2)c(F)c1F. The van der Waals surface area contributed by atoms with Crippen molar-refractivity contribution in [3.63, 3.8) is 0 Å². The van der Waals surface area contributed by atoms with Crippen LogP contribution in [0, 0.1) is 48.0 Å². The highest BCUT2D eigenvalue weighted by molar-refractivity contribution is 5.39. The Morgan fingerprint density at radius 2 is 1.69 bits per heavy atom. The third-order valence-electron chi connectivity index (χ3n) is 5.29. The van der Waals surface area contributed by atoms with Gasteiger partial charge in [-0.2, -0.15) is 4.39 Å². The molecule has 2 aromatic carbocycles. The molecule has 0 aromatic heterocycles. The van der Waals surface area contributed by atoms with E-state index in [1.54, 1.807) is 6.07 Å². The topological polar surface area (TPSA) is 9.23 Å². The second-order valence-corrected chi connectivity index (χ2v) is 7.26. The third kappa shape index (κ3) is 4.64. The molecule has 0 aliphatic heterocycles. The zero-order chi connectivity index (χ0) is 21.0. The smallest absolute Gasteiger partial charge is 0.200 e. The fourth-order valence-electron chi connectivity index (χ4n) is 3.59. The lowest BCUT2D eigenvalue weighted by Gasteiger charge is -2.26. The number of ether oxygens (including phenoxy) is 1. The number of aryl methyl sites for hydroxylation is 1. The highest BCUT2D eigenvalue weighted by Crippen LogP contribution is 2.38. The van der Waals surface area contributed by atoms with Crippen molar-refractivity contribution in [3.05, 3.63) is 76.9 Å². The summed E-state index contributed by atoms with van der Waals surface area (Å²) in [5.41, 5.74) is 0.619. The van der Waals surface area contributed by atoms with Crippen LogP contribution in [0.5, 0.6) is 5.75 Å². The highest BCUT2D eigenvalue weighted by atomic mass is 19.2. The van der Waals surface area contributed by atoms with Gasteiger partial charge in [-0.1, -0.05) is 36.6 Å². The van der Waals surface area contributed by atoms with Crippen LogP contribution in [0.3, 0.4) is 0 Å². The minimum Gasteiger partial charge on any atom is -0.486 e. The molecule has 1 saturated carbocycles. The highest BCUT2D eigenvalue weighted by Gasteiger charge is 2.26. The Kier molecular flexibility index (Phi) is 6.64. The van der Waals surface area contributed by atoms with Gasteiger partial charge in [-0.25, -0.2) is 13.2 Å². The second kappa shape index (κ2) is 9.17. The molecule has 1 fully saturated rings. The van der Waals surface area contributed by atoms with Gasteiger partial charge in [0.05, 0.1) is 5.56 Å². The Morgan fingerprint density at radius 3 is 2.38 bits per heavy atom. The van der Waals surface area contributed by atoms with E-state index in [0.29, 0.717) is 31.2 Å². The molecule has 1 aliphatic carbocycles. The standard InChI is InChI=1S/C24H22F4O/c1-3-14-29-20-13-12-19(23(27)24(20)28)17-9-5-16(6-10-17)7-11-18-8-4-15(2)21(25)22(18)26/h3-4,8,12-13,16-17H,1,5-6,9-10,14H2,2H3. The van der Waals surface area contributed by atoms with Gasteiger partial charge in [0.2, 0.25) is 5.82 Å². The summed E-state index contributed by atoms with van der Waals surface area (Å²) in [4.78, 5) is 0. The van der Waals surface area contributed by atoms with Crippen LogP contribution in [-0.2, 0) is 0 Å². The van der Waals surface area contributed by atoms with Gasteiger partial charge in [-0.3, -0.25) is 0 Å². The van der Waals surface area contributed by atoms with E-state index in [1.807, 2.05) is 0 Å². The summed E-state index contributed by atoms with van der Waals surface area (Å²) < 4.78 is 61.4. The van der Waals surface area contributed by atoms with E-state index < -0.39 is 23.3 Å². The maximum absolute atomic E-state index is 14.5. The molecule has 1 aliphatic rings. The molecule has 0 unspecified atom stereocenters. The van der Waals surface area contributed by atoms with Crippen molar-refractivity contribution >= 4 is 0 Å². The van der Waals surface area contributed by atoms with Crippen molar-refractivity contribution in [2.24, 2.45) is 5.92 Å². The first-order chi connectivity index (χ1) is 13.9. The molecule has 0 radical (unpaired) electrons. The summed E-state index contributed by atoms with van der Waals surface area (Å²) >= 11 is 0. The van der Waals surface area contributed by atoms with Crippen molar-refractivity contribution in [1.82, 2.24) is 0 Å². The maximum atomic E-state index is 14.5. The number of hydrogen-bond acceptors (Lipinski definition) is 1. The first-order valence-corrected chi connectivity index (χ1v) is 9.60. The fourth-order valence-corrected chi connectivity index (χ4v) is 3.59. The maximum Gasteiger partial charge on any atom is 0.200 e. The summed E-state index contributed by atoms with van der Waals surface area (Å²) in [5.74, 6) is 1.85. The van der Waals surface area contributed by atoms with Gasteiger partial charge in [0, 0.05) is 5.92 Å². The quantitative estimate of drug-likeness (QED) is 0.325. The van der Waals surface area contributed by atoms with Crippen LogP contribution < -0.4 is 4.74 Å². The number of benzene rings is 2. The summed E-state index contributed by atoms with van der Waals surface area (Å²) in [7, 11) is 0. The van der Waals surface area contributed by atoms with E-state index in [2.05, 4.69) is 18.4 Å². The van der Waals surface area contributed by atoms with Crippen molar-refractivity contribution < 1.29 is 22.3 Å². The van der Waals surface area contributed by atoms with Gasteiger partial charge in [-0.15, -0.1) is 0 Å². The molecule has 0 spiro atoms. The van der Waals surface area contributed by atoms with Crippen molar-refractivity contribution in [3.8, 4) is 17.6 Å². The Bertz CT molecular complexity index is 963. The Morgan fingerprint density at radius 1 is 0.966 bits per heavy atom. The molecule has 0 amide bonds. The molecule has 2 aromatic rings. The molecule has 0 heterocycles. The van der Waals surface area contributed by atoms with Crippen LogP contribution in [-0.4, -0.2) is 6.61 Å². The summed E-state index contributed by atoms with van der Waals surface area (Å²) in [6.07, 6.45) is 4.12. The molecule has 5 heteroatoms. The van der Waals surface area contributed by atoms with Crippen LogP contribution in [0.2, 0.25) is 0 Å². The van der Waals surface area contributed by atoms with E-state index in [1.165, 1.54) is 31.2 Å². The van der Waals surface area contributed by atoms with Gasteiger partial charge >= 0.3 is 0 Å². The van der Waals surface area contributed by atoms with Gasteiger partial charge in [0.25, 0.3) is 0 Å². The molecule has 1 nitrogen and oxygen atoms in total. The van der Waals surface area contributed by atoms with Crippen LogP contribution >= 0.6 is 0 Å². The van der Waals surface area contributed by atoms with Gasteiger partial charge < -0.3 is 4.74 Å². The molecular weight excluding hydrogens is 380 g/mol. The lowest BCUT2D eigenvalue weighted by molar-refractivity contribution is 0.326. The average Bonchev–Trinajstić information content (AvgIpc) is 2.73. The zero-order valence-electron chi connectivity index (χ0n) is 16.2. The summed E-state index contributed by atoms with van der Waals surface area (Å²) in [6, 6.07) is 5.98. The number of rotatable bonds is 4. The second-order valence-electron chi connectivity index (χ2n) is 7.26. The van der Waals surface area contributed by atoms with Crippen LogP contribution in [0.1, 0.15) is 48.3 Å². The third-order valence-corrected chi connectivity index (χ3v) is 5.29. The number of hydrogen-bond donors (Lipinski definition) is 0. The van der Waals surface area contributed by atoms with E-state index in [9.17, 15) is 17.6 Å². The predicted molar refractivity (Wildman–Crippen MR) is 105 cm³/mol. The lowest BCUT2D eigenvalue weighted by Crippen LogP contribution is -2.14. The average molecular weight is 402 g/mol. The van der Waals surface area contributed by atoms with Crippen LogP contribution in [0.4, 0.5) is 17.6 Å². The summed E-state index contributed by atoms with van der Waals surface area (Å²) in [5, 5.41) is 0. The molecule has 152 valence electrons. The van der Waals surface area contributed by atoms with E-state index >= 15 is 0 Å².